The average Bonchev–Trinajstić information content (AvgIpc) is 2.52. The Bertz CT molecular complexity index is 636. The molecule has 0 bridgehead atoms. The number of hydrogen-bond donors (Lipinski definition) is 3. The van der Waals surface area contributed by atoms with Gasteiger partial charge in [-0.3, -0.25) is 14.3 Å². The molecule has 0 spiro atoms. The second-order valence-corrected chi connectivity index (χ2v) is 5.03. The van der Waals surface area contributed by atoms with Crippen LogP contribution in [0.1, 0.15) is 20.1 Å². The lowest BCUT2D eigenvalue weighted by molar-refractivity contribution is -0.0892. The number of alkyl halides is 1. The van der Waals surface area contributed by atoms with Crippen LogP contribution in [-0.4, -0.2) is 43.7 Å². The minimum atomic E-state index is -2.49. The Hall–Kier alpha value is -1.58. The summed E-state index contributed by atoms with van der Waals surface area (Å²) in [6, 6.07) is 0. The molecule has 0 aromatic carbocycles. The van der Waals surface area contributed by atoms with Gasteiger partial charge < -0.3 is 14.9 Å². The Morgan fingerprint density at radius 1 is 1.50 bits per heavy atom. The highest BCUT2D eigenvalue weighted by Gasteiger charge is 2.63. The van der Waals surface area contributed by atoms with Crippen molar-refractivity contribution in [3.8, 4) is 0 Å². The molecule has 9 heteroatoms. The van der Waals surface area contributed by atoms with Crippen molar-refractivity contribution in [1.29, 1.82) is 0 Å². The molecule has 1 aromatic rings. The maximum Gasteiger partial charge on any atom is 0.330 e. The predicted molar refractivity (Wildman–Crippen MR) is 62.4 cm³/mol. The van der Waals surface area contributed by atoms with E-state index in [1.165, 1.54) is 0 Å². The second kappa shape index (κ2) is 4.47. The number of halogens is 2. The molecule has 20 heavy (non-hydrogen) atoms. The SMILES string of the molecule is C[C@]1(O)[C@@H](CO)O[C@@H](n2cc(F)c(=O)[nH]c2=O)[C@@]1(C)F. The Morgan fingerprint density at radius 3 is 2.60 bits per heavy atom. The van der Waals surface area contributed by atoms with E-state index in [4.69, 9.17) is 9.84 Å². The summed E-state index contributed by atoms with van der Waals surface area (Å²) in [7, 11) is 0. The molecule has 2 rings (SSSR count). The molecule has 1 saturated heterocycles. The van der Waals surface area contributed by atoms with E-state index in [9.17, 15) is 23.5 Å². The van der Waals surface area contributed by atoms with Crippen LogP contribution in [0.15, 0.2) is 15.8 Å². The van der Waals surface area contributed by atoms with E-state index in [1.54, 1.807) is 4.98 Å². The monoisotopic (exact) mass is 292 g/mol. The fourth-order valence-electron chi connectivity index (χ4n) is 2.16. The maximum absolute atomic E-state index is 14.7. The zero-order valence-corrected chi connectivity index (χ0v) is 10.8. The van der Waals surface area contributed by atoms with Gasteiger partial charge in [0.2, 0.25) is 5.82 Å². The average molecular weight is 292 g/mol. The largest absolute Gasteiger partial charge is 0.394 e. The lowest BCUT2D eigenvalue weighted by Gasteiger charge is -2.32. The fraction of sp³-hybridized carbons (Fsp3) is 0.636. The van der Waals surface area contributed by atoms with Crippen LogP contribution in [-0.2, 0) is 4.74 Å². The van der Waals surface area contributed by atoms with E-state index in [1.807, 2.05) is 0 Å². The third-order valence-electron chi connectivity index (χ3n) is 3.72. The van der Waals surface area contributed by atoms with Gasteiger partial charge in [0.15, 0.2) is 11.9 Å². The van der Waals surface area contributed by atoms with E-state index in [-0.39, 0.29) is 0 Å². The van der Waals surface area contributed by atoms with Crippen molar-refractivity contribution < 1.29 is 23.7 Å². The zero-order valence-electron chi connectivity index (χ0n) is 10.8. The molecular formula is C11H14F2N2O5. The lowest BCUT2D eigenvalue weighted by Crippen LogP contribution is -2.52. The van der Waals surface area contributed by atoms with Crippen LogP contribution in [0.3, 0.4) is 0 Å². The molecule has 3 N–H and O–H groups in total. The highest BCUT2D eigenvalue weighted by Crippen LogP contribution is 2.47. The molecule has 0 aliphatic carbocycles. The van der Waals surface area contributed by atoms with Gasteiger partial charge in [-0.2, -0.15) is 4.39 Å². The third kappa shape index (κ3) is 1.89. The first-order valence-corrected chi connectivity index (χ1v) is 5.81. The van der Waals surface area contributed by atoms with Crippen molar-refractivity contribution in [3.63, 3.8) is 0 Å². The second-order valence-electron chi connectivity index (χ2n) is 5.03. The van der Waals surface area contributed by atoms with E-state index in [0.29, 0.717) is 10.8 Å². The van der Waals surface area contributed by atoms with Gasteiger partial charge in [-0.1, -0.05) is 0 Å². The molecule has 1 fully saturated rings. The molecule has 4 atom stereocenters. The van der Waals surface area contributed by atoms with Gasteiger partial charge in [0.25, 0.3) is 5.56 Å². The molecule has 112 valence electrons. The molecule has 1 aliphatic heterocycles. The molecule has 0 amide bonds. The highest BCUT2D eigenvalue weighted by atomic mass is 19.1. The minimum Gasteiger partial charge on any atom is -0.394 e. The predicted octanol–water partition coefficient (Wildman–Crippen LogP) is -0.955. The van der Waals surface area contributed by atoms with Gasteiger partial charge in [0, 0.05) is 0 Å². The number of H-pyrrole nitrogens is 1. The highest BCUT2D eigenvalue weighted by molar-refractivity contribution is 5.09. The van der Waals surface area contributed by atoms with E-state index in [2.05, 4.69) is 0 Å². The van der Waals surface area contributed by atoms with Crippen LogP contribution < -0.4 is 11.2 Å². The van der Waals surface area contributed by atoms with Gasteiger partial charge in [-0.25, -0.2) is 9.18 Å². The Labute approximate surface area is 111 Å². The van der Waals surface area contributed by atoms with Gasteiger partial charge in [-0.05, 0) is 13.8 Å². The summed E-state index contributed by atoms with van der Waals surface area (Å²) in [6.07, 6.45) is -2.49. The minimum absolute atomic E-state index is 0.500. The Kier molecular flexibility index (Phi) is 3.31. The summed E-state index contributed by atoms with van der Waals surface area (Å²) in [4.78, 5) is 24.2. The van der Waals surface area contributed by atoms with E-state index < -0.39 is 47.3 Å². The van der Waals surface area contributed by atoms with Gasteiger partial charge in [-0.15, -0.1) is 0 Å². The number of aliphatic hydroxyl groups excluding tert-OH is 1. The first kappa shape index (κ1) is 14.8. The van der Waals surface area contributed by atoms with Gasteiger partial charge >= 0.3 is 5.69 Å². The van der Waals surface area contributed by atoms with E-state index in [0.717, 1.165) is 13.8 Å². The fourth-order valence-corrected chi connectivity index (χ4v) is 2.16. The van der Waals surface area contributed by atoms with Gasteiger partial charge in [0.05, 0.1) is 12.8 Å². The Morgan fingerprint density at radius 2 is 2.10 bits per heavy atom. The molecule has 0 saturated carbocycles. The molecule has 7 nitrogen and oxygen atoms in total. The summed E-state index contributed by atoms with van der Waals surface area (Å²) in [6.45, 7) is 1.37. The van der Waals surface area contributed by atoms with E-state index >= 15 is 0 Å². The standard InChI is InChI=1S/C11H14F2N2O5/c1-10(13)8(20-6(4-16)11(10,2)19)15-3-5(12)7(17)14-9(15)18/h3,6,8,16,19H,4H2,1-2H3,(H,14,17,18)/t6-,8-,10-,11+/m1/s1. The molecule has 0 radical (unpaired) electrons. The van der Waals surface area contributed by atoms with Crippen LogP contribution in [0.5, 0.6) is 0 Å². The topological polar surface area (TPSA) is 105 Å². The Balaban J connectivity index is 2.57. The molecule has 0 unspecified atom stereocenters. The zero-order chi connectivity index (χ0) is 15.3. The summed E-state index contributed by atoms with van der Waals surface area (Å²) in [5.74, 6) is -1.30. The number of ether oxygens (including phenoxy) is 1. The van der Waals surface area contributed by atoms with Crippen molar-refractivity contribution >= 4 is 0 Å². The number of aromatic amines is 1. The van der Waals surface area contributed by atoms with Crippen molar-refractivity contribution in [3.05, 3.63) is 32.9 Å². The van der Waals surface area contributed by atoms with Crippen molar-refractivity contribution in [2.24, 2.45) is 0 Å². The lowest BCUT2D eigenvalue weighted by atomic mass is 9.85. The van der Waals surface area contributed by atoms with Crippen LogP contribution in [0.4, 0.5) is 8.78 Å². The first-order chi connectivity index (χ1) is 9.12. The van der Waals surface area contributed by atoms with Gasteiger partial charge in [0.1, 0.15) is 11.7 Å². The number of aromatic nitrogens is 2. The number of nitrogens with zero attached hydrogens (tertiary/aromatic N) is 1. The van der Waals surface area contributed by atoms with Crippen LogP contribution >= 0.6 is 0 Å². The molecule has 1 aromatic heterocycles. The third-order valence-corrected chi connectivity index (χ3v) is 3.72. The summed E-state index contributed by atoms with van der Waals surface area (Å²) >= 11 is 0. The molecule has 2 heterocycles. The van der Waals surface area contributed by atoms with Crippen LogP contribution in [0, 0.1) is 5.82 Å². The molecule has 1 aliphatic rings. The maximum atomic E-state index is 14.7. The number of aliphatic hydroxyl groups is 2. The molecular weight excluding hydrogens is 278 g/mol. The number of rotatable bonds is 2. The first-order valence-electron chi connectivity index (χ1n) is 5.81. The summed E-state index contributed by atoms with van der Waals surface area (Å²) < 4.78 is 33.6. The van der Waals surface area contributed by atoms with Crippen molar-refractivity contribution in [2.75, 3.05) is 6.61 Å². The normalized spacial score (nSPS) is 37.3. The van der Waals surface area contributed by atoms with Crippen molar-refractivity contribution in [2.45, 2.75) is 37.4 Å². The number of hydrogen-bond acceptors (Lipinski definition) is 5. The summed E-state index contributed by atoms with van der Waals surface area (Å²) in [5.41, 5.74) is -6.91. The quantitative estimate of drug-likeness (QED) is 0.651. The van der Waals surface area contributed by atoms with Crippen LogP contribution in [0.25, 0.3) is 0 Å². The van der Waals surface area contributed by atoms with Crippen molar-refractivity contribution in [1.82, 2.24) is 9.55 Å². The smallest absolute Gasteiger partial charge is 0.330 e. The number of nitrogens with one attached hydrogen (secondary N) is 1. The van der Waals surface area contributed by atoms with Crippen LogP contribution in [0.2, 0.25) is 0 Å². The summed E-state index contributed by atoms with van der Waals surface area (Å²) in [5, 5.41) is 19.2.